The fraction of sp³-hybridized carbons (Fsp3) is 0.889. The summed E-state index contributed by atoms with van der Waals surface area (Å²) < 4.78 is 39.5. The molecule has 15 heavy (non-hydrogen) atoms. The molecule has 0 aliphatic heterocycles. The molecule has 0 saturated heterocycles. The number of halogens is 3. The molecule has 6 heteroatoms. The lowest BCUT2D eigenvalue weighted by atomic mass is 9.87. The van der Waals surface area contributed by atoms with Crippen LogP contribution in [0, 0.1) is 5.92 Å². The van der Waals surface area contributed by atoms with Crippen LogP contribution >= 0.6 is 0 Å². The van der Waals surface area contributed by atoms with Crippen LogP contribution in [0.15, 0.2) is 0 Å². The summed E-state index contributed by atoms with van der Waals surface area (Å²) in [7, 11) is 0. The first-order chi connectivity index (χ1) is 6.89. The van der Waals surface area contributed by atoms with Crippen molar-refractivity contribution >= 4 is 5.97 Å². The van der Waals surface area contributed by atoms with E-state index in [4.69, 9.17) is 5.73 Å². The molecule has 0 heterocycles. The second kappa shape index (κ2) is 4.83. The topological polar surface area (TPSA) is 52.3 Å². The lowest BCUT2D eigenvalue weighted by Crippen LogP contribution is -2.31. The number of esters is 1. The van der Waals surface area contributed by atoms with Gasteiger partial charge in [-0.1, -0.05) is 0 Å². The Balaban J connectivity index is 2.23. The number of nitrogens with two attached hydrogens (primary N) is 1. The molecule has 0 spiro atoms. The van der Waals surface area contributed by atoms with Crippen molar-refractivity contribution in [2.24, 2.45) is 11.7 Å². The van der Waals surface area contributed by atoms with Gasteiger partial charge in [0.2, 0.25) is 0 Å². The lowest BCUT2D eigenvalue weighted by Gasteiger charge is -2.25. The van der Waals surface area contributed by atoms with Crippen LogP contribution in [0.3, 0.4) is 0 Å². The van der Waals surface area contributed by atoms with Gasteiger partial charge in [-0.2, -0.15) is 13.2 Å². The molecule has 0 aromatic rings. The van der Waals surface area contributed by atoms with E-state index in [9.17, 15) is 18.0 Å². The van der Waals surface area contributed by atoms with E-state index < -0.39 is 12.1 Å². The maximum atomic E-state index is 11.8. The van der Waals surface area contributed by atoms with Crippen molar-refractivity contribution in [1.82, 2.24) is 0 Å². The van der Waals surface area contributed by atoms with Gasteiger partial charge >= 0.3 is 12.1 Å². The molecule has 0 aromatic heterocycles. The summed E-state index contributed by atoms with van der Waals surface area (Å²) in [4.78, 5) is 10.4. The van der Waals surface area contributed by atoms with E-state index in [0.29, 0.717) is 0 Å². The zero-order valence-corrected chi connectivity index (χ0v) is 8.22. The highest BCUT2D eigenvalue weighted by molar-refractivity contribution is 5.75. The van der Waals surface area contributed by atoms with Crippen LogP contribution in [0.25, 0.3) is 0 Å². The first-order valence-electron chi connectivity index (χ1n) is 4.89. The Morgan fingerprint density at radius 2 is 1.80 bits per heavy atom. The average molecular weight is 225 g/mol. The molecule has 1 aliphatic carbocycles. The molecule has 2 N–H and O–H groups in total. The summed E-state index contributed by atoms with van der Waals surface area (Å²) in [5.41, 5.74) is 5.63. The molecular formula is C9H14F3NO2. The van der Waals surface area contributed by atoms with E-state index in [0.717, 1.165) is 25.7 Å². The molecule has 0 unspecified atom stereocenters. The molecule has 0 amide bonds. The van der Waals surface area contributed by atoms with Gasteiger partial charge in [0.1, 0.15) is 0 Å². The number of carbonyl (C=O) groups is 1. The molecule has 3 nitrogen and oxygen atoms in total. The molecule has 1 saturated carbocycles. The quantitative estimate of drug-likeness (QED) is 0.726. The first kappa shape index (κ1) is 12.3. The molecule has 88 valence electrons. The Bertz CT molecular complexity index is 222. The number of hydrogen-bond donors (Lipinski definition) is 1. The summed E-state index contributed by atoms with van der Waals surface area (Å²) in [6.45, 7) is -0.148. The molecule has 0 bridgehead atoms. The van der Waals surface area contributed by atoms with Crippen molar-refractivity contribution in [1.29, 1.82) is 0 Å². The van der Waals surface area contributed by atoms with Crippen molar-refractivity contribution < 1.29 is 22.7 Å². The van der Waals surface area contributed by atoms with E-state index in [2.05, 4.69) is 4.74 Å². The summed E-state index contributed by atoms with van der Waals surface area (Å²) >= 11 is 0. The molecule has 0 radical (unpaired) electrons. The Morgan fingerprint density at radius 3 is 2.27 bits per heavy atom. The zero-order chi connectivity index (χ0) is 11.5. The van der Waals surface area contributed by atoms with Crippen LogP contribution in [0.1, 0.15) is 25.7 Å². The number of alkyl halides is 3. The number of carbonyl (C=O) groups excluding carboxylic acids is 1. The van der Waals surface area contributed by atoms with E-state index >= 15 is 0 Å². The Morgan fingerprint density at radius 1 is 1.27 bits per heavy atom. The largest absolute Gasteiger partial charge is 0.490 e. The summed E-state index contributed by atoms with van der Waals surface area (Å²) in [5.74, 6) is -2.08. The monoisotopic (exact) mass is 225 g/mol. The van der Waals surface area contributed by atoms with E-state index in [-0.39, 0.29) is 18.6 Å². The van der Waals surface area contributed by atoms with Gasteiger partial charge in [0, 0.05) is 6.04 Å². The third-order valence-corrected chi connectivity index (χ3v) is 2.57. The molecule has 1 aliphatic rings. The molecule has 0 atom stereocenters. The average Bonchev–Trinajstić information content (AvgIpc) is 2.15. The van der Waals surface area contributed by atoms with Gasteiger partial charge in [0.05, 0.1) is 6.61 Å². The van der Waals surface area contributed by atoms with Gasteiger partial charge < -0.3 is 10.5 Å². The minimum Gasteiger partial charge on any atom is -0.459 e. The summed E-state index contributed by atoms with van der Waals surface area (Å²) in [6.07, 6.45) is -1.86. The second-order valence-corrected chi connectivity index (χ2v) is 3.88. The van der Waals surface area contributed by atoms with Crippen molar-refractivity contribution in [3.05, 3.63) is 0 Å². The van der Waals surface area contributed by atoms with Crippen molar-refractivity contribution in [2.45, 2.75) is 37.9 Å². The third-order valence-electron chi connectivity index (χ3n) is 2.57. The van der Waals surface area contributed by atoms with Crippen LogP contribution in [-0.2, 0) is 9.53 Å². The van der Waals surface area contributed by atoms with Crippen LogP contribution in [0.5, 0.6) is 0 Å². The van der Waals surface area contributed by atoms with Crippen molar-refractivity contribution in [3.8, 4) is 0 Å². The summed E-state index contributed by atoms with van der Waals surface area (Å²) in [6, 6.07) is 0.138. The predicted octanol–water partition coefficient (Wildman–Crippen LogP) is 1.61. The number of ether oxygens (including phenoxy) is 1. The summed E-state index contributed by atoms with van der Waals surface area (Å²) in [5, 5.41) is 0. The highest BCUT2D eigenvalue weighted by atomic mass is 19.4. The molecular weight excluding hydrogens is 211 g/mol. The molecule has 1 fully saturated rings. The number of hydrogen-bond acceptors (Lipinski definition) is 3. The smallest absolute Gasteiger partial charge is 0.459 e. The Labute approximate surface area is 85.8 Å². The van der Waals surface area contributed by atoms with E-state index in [1.165, 1.54) is 0 Å². The van der Waals surface area contributed by atoms with Gasteiger partial charge in [0.15, 0.2) is 0 Å². The van der Waals surface area contributed by atoms with Gasteiger partial charge in [-0.3, -0.25) is 0 Å². The third kappa shape index (κ3) is 4.07. The van der Waals surface area contributed by atoms with Gasteiger partial charge in [-0.05, 0) is 31.6 Å². The zero-order valence-electron chi connectivity index (χ0n) is 8.22. The van der Waals surface area contributed by atoms with Crippen molar-refractivity contribution in [2.75, 3.05) is 6.61 Å². The maximum absolute atomic E-state index is 11.8. The normalized spacial score (nSPS) is 27.5. The molecule has 1 rings (SSSR count). The Kier molecular flexibility index (Phi) is 3.96. The highest BCUT2D eigenvalue weighted by Crippen LogP contribution is 2.24. The van der Waals surface area contributed by atoms with Gasteiger partial charge in [-0.15, -0.1) is 0 Å². The van der Waals surface area contributed by atoms with Crippen LogP contribution in [-0.4, -0.2) is 24.8 Å². The number of rotatable bonds is 2. The van der Waals surface area contributed by atoms with Crippen LogP contribution < -0.4 is 5.73 Å². The minimum atomic E-state index is -4.88. The van der Waals surface area contributed by atoms with Gasteiger partial charge in [0.25, 0.3) is 0 Å². The van der Waals surface area contributed by atoms with Crippen LogP contribution in [0.2, 0.25) is 0 Å². The first-order valence-corrected chi connectivity index (χ1v) is 4.89. The Hall–Kier alpha value is -0.780. The van der Waals surface area contributed by atoms with E-state index in [1.54, 1.807) is 0 Å². The minimum absolute atomic E-state index is 0.0242. The van der Waals surface area contributed by atoms with Crippen molar-refractivity contribution in [3.63, 3.8) is 0 Å². The second-order valence-electron chi connectivity index (χ2n) is 3.88. The van der Waals surface area contributed by atoms with Gasteiger partial charge in [-0.25, -0.2) is 4.79 Å². The SMILES string of the molecule is NC1CCC(COC(=O)C(F)(F)F)CC1. The fourth-order valence-electron chi connectivity index (χ4n) is 1.63. The maximum Gasteiger partial charge on any atom is 0.490 e. The standard InChI is InChI=1S/C9H14F3NO2/c10-9(11,12)8(14)15-5-6-1-3-7(13)4-2-6/h6-7H,1-5,13H2. The van der Waals surface area contributed by atoms with E-state index in [1.807, 2.05) is 0 Å². The highest BCUT2D eigenvalue weighted by Gasteiger charge is 2.41. The fourth-order valence-corrected chi connectivity index (χ4v) is 1.63. The molecule has 0 aromatic carbocycles. The van der Waals surface area contributed by atoms with Crippen LogP contribution in [0.4, 0.5) is 13.2 Å². The predicted molar refractivity (Wildman–Crippen MR) is 46.9 cm³/mol. The lowest BCUT2D eigenvalue weighted by molar-refractivity contribution is -0.201.